The minimum atomic E-state index is -5.63. The second-order valence-electron chi connectivity index (χ2n) is 8.55. The minimum absolute atomic E-state index is 0. The fraction of sp³-hybridized carbons (Fsp3) is 1.00. The standard InChI is InChI=1S/C6H16N2.4C3H2F6O.Ce/c1-7(2)5-6-8(3)4;4*4-2(5,6)1(10)3(7,8)9;/h5-6H2,1-4H3;4*1,10H;. The van der Waals surface area contributed by atoms with Gasteiger partial charge in [0.15, 0.2) is 0 Å². The Kier molecular flexibility index (Phi) is 27.8. The molecule has 0 unspecified atom stereocenters. The van der Waals surface area contributed by atoms with E-state index in [1.54, 1.807) is 0 Å². The van der Waals surface area contributed by atoms with Crippen molar-refractivity contribution in [3.8, 4) is 0 Å². The van der Waals surface area contributed by atoms with Crippen LogP contribution < -0.4 is 0 Å². The number of alkyl halides is 24. The fourth-order valence-corrected chi connectivity index (χ4v) is 1.14. The predicted molar refractivity (Wildman–Crippen MR) is 110 cm³/mol. The number of aliphatic hydroxyl groups excluding tert-OH is 4. The maximum Gasteiger partial charge on any atom is 0.423 e. The molecule has 0 heterocycles. The van der Waals surface area contributed by atoms with E-state index in [1.165, 1.54) is 0 Å². The Labute approximate surface area is 292 Å². The van der Waals surface area contributed by atoms with Crippen LogP contribution in [-0.4, -0.2) is 145 Å². The molecule has 0 fully saturated rings. The summed E-state index contributed by atoms with van der Waals surface area (Å²) < 4.78 is 263. The summed E-state index contributed by atoms with van der Waals surface area (Å²) in [4.78, 5) is 4.36. The Balaban J connectivity index is -0.000000118. The summed E-state index contributed by atoms with van der Waals surface area (Å²) in [6, 6.07) is 0. The Morgan fingerprint density at radius 2 is 0.388 bits per heavy atom. The van der Waals surface area contributed by atoms with Crippen molar-refractivity contribution in [2.75, 3.05) is 41.3 Å². The van der Waals surface area contributed by atoms with Gasteiger partial charge in [0.1, 0.15) is 0 Å². The first-order valence-corrected chi connectivity index (χ1v) is 10.8. The summed E-state index contributed by atoms with van der Waals surface area (Å²) in [5.41, 5.74) is 0. The van der Waals surface area contributed by atoms with E-state index in [2.05, 4.69) is 38.0 Å². The third-order valence-electron chi connectivity index (χ3n) is 3.47. The van der Waals surface area contributed by atoms with Gasteiger partial charge in [-0.25, -0.2) is 0 Å². The Bertz CT molecular complexity index is 644. The summed E-state index contributed by atoms with van der Waals surface area (Å²) in [7, 11) is 8.35. The molecular formula is C18H24CeF24N2O4. The average molecular weight is 928 g/mol. The normalized spacial score (nSPS) is 13.6. The van der Waals surface area contributed by atoms with Crippen LogP contribution in [0.2, 0.25) is 0 Å². The molecule has 0 radical (unpaired) electrons. The van der Waals surface area contributed by atoms with Gasteiger partial charge in [0, 0.05) is 54.8 Å². The van der Waals surface area contributed by atoms with E-state index in [0.717, 1.165) is 13.1 Å². The number of halogens is 24. The van der Waals surface area contributed by atoms with Gasteiger partial charge in [0.05, 0.1) is 0 Å². The van der Waals surface area contributed by atoms with Crippen molar-refractivity contribution < 1.29 is 168 Å². The van der Waals surface area contributed by atoms with Crippen LogP contribution in [0.1, 0.15) is 0 Å². The average Bonchev–Trinajstić information content (AvgIpc) is 2.77. The zero-order chi connectivity index (χ0) is 40.9. The molecule has 0 aliphatic rings. The van der Waals surface area contributed by atoms with E-state index < -0.39 is 73.8 Å². The van der Waals surface area contributed by atoms with Crippen molar-refractivity contribution >= 4 is 0 Å². The van der Waals surface area contributed by atoms with E-state index in [-0.39, 0.29) is 41.7 Å². The number of aliphatic hydroxyl groups is 4. The maximum absolute atomic E-state index is 11.0. The first kappa shape index (κ1) is 60.5. The van der Waals surface area contributed by atoms with Crippen molar-refractivity contribution in [2.24, 2.45) is 0 Å². The zero-order valence-corrected chi connectivity index (χ0v) is 27.1. The molecule has 0 rings (SSSR count). The van der Waals surface area contributed by atoms with Crippen LogP contribution >= 0.6 is 0 Å². The van der Waals surface area contributed by atoms with Gasteiger partial charge in [0.2, 0.25) is 24.4 Å². The van der Waals surface area contributed by atoms with Crippen LogP contribution in [0.4, 0.5) is 105 Å². The SMILES string of the molecule is CN(C)CCN(C)C.OC(C(F)(F)F)C(F)(F)F.OC(C(F)(F)F)C(F)(F)F.OC(C(F)(F)F)C(F)(F)F.OC(C(F)(F)F)C(F)(F)F.[Ce]. The van der Waals surface area contributed by atoms with Crippen molar-refractivity contribution in [2.45, 2.75) is 73.8 Å². The Hall–Kier alpha value is -0.543. The molecule has 0 aromatic rings. The monoisotopic (exact) mass is 928 g/mol. The summed E-state index contributed by atoms with van der Waals surface area (Å²) in [6.07, 6.45) is -62.0. The van der Waals surface area contributed by atoms with Gasteiger partial charge in [-0.1, -0.05) is 0 Å². The first-order valence-electron chi connectivity index (χ1n) is 10.8. The first-order chi connectivity index (χ1) is 20.2. The van der Waals surface area contributed by atoms with Crippen LogP contribution in [0.25, 0.3) is 0 Å². The van der Waals surface area contributed by atoms with E-state index in [4.69, 9.17) is 20.4 Å². The van der Waals surface area contributed by atoms with Crippen LogP contribution in [0, 0.1) is 41.7 Å². The van der Waals surface area contributed by atoms with Crippen molar-refractivity contribution in [1.29, 1.82) is 0 Å². The van der Waals surface area contributed by atoms with Gasteiger partial charge < -0.3 is 30.2 Å². The second-order valence-corrected chi connectivity index (χ2v) is 8.55. The van der Waals surface area contributed by atoms with E-state index in [1.807, 2.05) is 0 Å². The molecule has 0 amide bonds. The van der Waals surface area contributed by atoms with E-state index >= 15 is 0 Å². The number of rotatable bonds is 3. The molecule has 0 atom stereocenters. The maximum atomic E-state index is 11.0. The third-order valence-corrected chi connectivity index (χ3v) is 3.47. The molecule has 0 aliphatic carbocycles. The van der Waals surface area contributed by atoms with Crippen LogP contribution in [0.3, 0.4) is 0 Å². The van der Waals surface area contributed by atoms with Gasteiger partial charge in [0.25, 0.3) is 0 Å². The molecule has 6 nitrogen and oxygen atoms in total. The van der Waals surface area contributed by atoms with E-state index in [0.29, 0.717) is 0 Å². The molecule has 31 heteroatoms. The van der Waals surface area contributed by atoms with Crippen LogP contribution in [0.15, 0.2) is 0 Å². The molecule has 49 heavy (non-hydrogen) atoms. The Morgan fingerprint density at radius 3 is 0.408 bits per heavy atom. The Morgan fingerprint density at radius 1 is 0.306 bits per heavy atom. The summed E-state index contributed by atoms with van der Waals surface area (Å²) in [5.74, 6) is 0. The molecular weight excluding hydrogens is 904 g/mol. The molecule has 0 bridgehead atoms. The fourth-order valence-electron chi connectivity index (χ4n) is 1.14. The molecule has 0 saturated heterocycles. The number of likely N-dealkylation sites (N-methyl/N-ethyl adjacent to an activating group) is 2. The number of hydrogen-bond donors (Lipinski definition) is 4. The molecule has 0 aromatic carbocycles. The van der Waals surface area contributed by atoms with Crippen LogP contribution in [-0.2, 0) is 0 Å². The van der Waals surface area contributed by atoms with Crippen LogP contribution in [0.5, 0.6) is 0 Å². The number of nitrogens with zero attached hydrogens (tertiary/aromatic N) is 2. The minimum Gasteiger partial charge on any atom is -0.377 e. The molecule has 0 spiro atoms. The summed E-state index contributed by atoms with van der Waals surface area (Å²) >= 11 is 0. The van der Waals surface area contributed by atoms with Gasteiger partial charge in [-0.2, -0.15) is 105 Å². The molecule has 0 aliphatic heterocycles. The molecule has 0 aromatic heterocycles. The third kappa shape index (κ3) is 35.6. The van der Waals surface area contributed by atoms with Gasteiger partial charge in [-0.3, -0.25) is 0 Å². The van der Waals surface area contributed by atoms with Gasteiger partial charge in [-0.05, 0) is 28.2 Å². The quantitative estimate of drug-likeness (QED) is 0.261. The van der Waals surface area contributed by atoms with E-state index in [9.17, 15) is 105 Å². The number of hydrogen-bond acceptors (Lipinski definition) is 6. The summed E-state index contributed by atoms with van der Waals surface area (Å²) in [6.45, 7) is 2.29. The van der Waals surface area contributed by atoms with Gasteiger partial charge >= 0.3 is 49.4 Å². The molecule has 302 valence electrons. The smallest absolute Gasteiger partial charge is 0.377 e. The largest absolute Gasteiger partial charge is 0.423 e. The van der Waals surface area contributed by atoms with Crippen molar-refractivity contribution in [3.05, 3.63) is 0 Å². The summed E-state index contributed by atoms with van der Waals surface area (Å²) in [5, 5.41) is 29.9. The zero-order valence-electron chi connectivity index (χ0n) is 24.0. The van der Waals surface area contributed by atoms with Crippen molar-refractivity contribution in [3.63, 3.8) is 0 Å². The topological polar surface area (TPSA) is 87.4 Å². The molecule has 0 saturated carbocycles. The molecule has 4 N–H and O–H groups in total. The second kappa shape index (κ2) is 22.5. The van der Waals surface area contributed by atoms with Crippen molar-refractivity contribution in [1.82, 2.24) is 9.80 Å². The predicted octanol–water partition coefficient (Wildman–Crippen LogP) is 6.00. The van der Waals surface area contributed by atoms with Gasteiger partial charge in [-0.15, -0.1) is 0 Å².